The smallest absolute Gasteiger partial charge is 0.257 e. The van der Waals surface area contributed by atoms with Crippen molar-refractivity contribution in [2.24, 2.45) is 0 Å². The van der Waals surface area contributed by atoms with Crippen LogP contribution in [0.1, 0.15) is 54.6 Å². The van der Waals surface area contributed by atoms with E-state index in [2.05, 4.69) is 10.3 Å². The minimum atomic E-state index is -0.209. The number of pyridine rings is 1. The second kappa shape index (κ2) is 11.1. The number of benzene rings is 1. The fourth-order valence-electron chi connectivity index (χ4n) is 2.95. The predicted octanol–water partition coefficient (Wildman–Crippen LogP) is 3.46. The van der Waals surface area contributed by atoms with Gasteiger partial charge in [-0.1, -0.05) is 19.4 Å². The van der Waals surface area contributed by atoms with Gasteiger partial charge in [-0.2, -0.15) is 0 Å². The summed E-state index contributed by atoms with van der Waals surface area (Å²) in [7, 11) is 0. The molecule has 0 fully saturated rings. The van der Waals surface area contributed by atoms with E-state index in [0.717, 1.165) is 25.7 Å². The summed E-state index contributed by atoms with van der Waals surface area (Å²) in [6, 6.07) is 7.13. The lowest BCUT2D eigenvalue weighted by atomic mass is 10.0. The quantitative estimate of drug-likeness (QED) is 0.457. The van der Waals surface area contributed by atoms with Gasteiger partial charge < -0.3 is 15.2 Å². The third-order valence-electron chi connectivity index (χ3n) is 4.42. The van der Waals surface area contributed by atoms with Gasteiger partial charge in [0.2, 0.25) is 0 Å². The van der Waals surface area contributed by atoms with Crippen LogP contribution in [0.4, 0.5) is 0 Å². The zero-order valence-corrected chi connectivity index (χ0v) is 16.5. The number of hydrogen-bond acceptors (Lipinski definition) is 5. The molecule has 0 aliphatic rings. The van der Waals surface area contributed by atoms with Crippen LogP contribution >= 0.6 is 0 Å². The van der Waals surface area contributed by atoms with Crippen LogP contribution in [0.15, 0.2) is 36.7 Å². The summed E-state index contributed by atoms with van der Waals surface area (Å²) in [6.07, 6.45) is 7.73. The molecule has 0 saturated carbocycles. The van der Waals surface area contributed by atoms with Gasteiger partial charge in [0.15, 0.2) is 12.4 Å². The number of nitrogens with zero attached hydrogens (tertiary/aromatic N) is 1. The minimum Gasteiger partial charge on any atom is -0.507 e. The Hall–Kier alpha value is -2.89. The van der Waals surface area contributed by atoms with E-state index in [1.165, 1.54) is 18.6 Å². The number of aromatic nitrogens is 1. The lowest BCUT2D eigenvalue weighted by Gasteiger charge is -2.14. The maximum absolute atomic E-state index is 12.0. The highest BCUT2D eigenvalue weighted by molar-refractivity contribution is 5.97. The fourth-order valence-corrected chi connectivity index (χ4v) is 2.95. The average molecular weight is 384 g/mol. The number of hydrogen-bond donors (Lipinski definition) is 2. The van der Waals surface area contributed by atoms with Gasteiger partial charge in [-0.25, -0.2) is 0 Å². The lowest BCUT2D eigenvalue weighted by Crippen LogP contribution is -2.29. The van der Waals surface area contributed by atoms with Gasteiger partial charge in [-0.3, -0.25) is 14.6 Å². The highest BCUT2D eigenvalue weighted by Gasteiger charge is 2.16. The molecule has 0 atom stereocenters. The van der Waals surface area contributed by atoms with Gasteiger partial charge in [0.25, 0.3) is 5.91 Å². The summed E-state index contributed by atoms with van der Waals surface area (Å²) in [4.78, 5) is 27.7. The van der Waals surface area contributed by atoms with Gasteiger partial charge in [0.1, 0.15) is 11.5 Å². The molecule has 6 heteroatoms. The van der Waals surface area contributed by atoms with Crippen LogP contribution in [-0.2, 0) is 17.6 Å². The van der Waals surface area contributed by atoms with Crippen molar-refractivity contribution in [2.45, 2.75) is 46.0 Å². The van der Waals surface area contributed by atoms with Crippen LogP contribution in [0.3, 0.4) is 0 Å². The molecule has 2 rings (SSSR count). The fraction of sp³-hybridized carbons (Fsp3) is 0.409. The maximum atomic E-state index is 12.0. The highest BCUT2D eigenvalue weighted by atomic mass is 16.5. The van der Waals surface area contributed by atoms with E-state index in [9.17, 15) is 14.7 Å². The van der Waals surface area contributed by atoms with Gasteiger partial charge in [-0.05, 0) is 56.4 Å². The van der Waals surface area contributed by atoms with Crippen molar-refractivity contribution in [2.75, 3.05) is 13.2 Å². The summed E-state index contributed by atoms with van der Waals surface area (Å²) in [6.45, 7) is 3.84. The number of nitrogens with one attached hydrogen (secondary N) is 1. The van der Waals surface area contributed by atoms with E-state index >= 15 is 0 Å². The van der Waals surface area contributed by atoms with Gasteiger partial charge in [-0.15, -0.1) is 0 Å². The highest BCUT2D eigenvalue weighted by Crippen LogP contribution is 2.32. The Balaban J connectivity index is 1.78. The van der Waals surface area contributed by atoms with Gasteiger partial charge in [0.05, 0.1) is 5.56 Å². The first kappa shape index (κ1) is 21.4. The number of phenolic OH excluding ortho intramolecular Hbond substituents is 1. The third kappa shape index (κ3) is 6.37. The minimum absolute atomic E-state index is 0.0531. The number of ketones is 1. The van der Waals surface area contributed by atoms with Crippen LogP contribution in [0.2, 0.25) is 0 Å². The van der Waals surface area contributed by atoms with Crippen molar-refractivity contribution < 1.29 is 19.4 Å². The number of aromatic hydroxyl groups is 1. The molecule has 1 heterocycles. The summed E-state index contributed by atoms with van der Waals surface area (Å²) in [5.74, 6) is -0.0249. The molecule has 2 N–H and O–H groups in total. The Morgan fingerprint density at radius 3 is 2.68 bits per heavy atom. The molecule has 1 amide bonds. The van der Waals surface area contributed by atoms with E-state index in [-0.39, 0.29) is 29.6 Å². The van der Waals surface area contributed by atoms with E-state index < -0.39 is 0 Å². The molecular weight excluding hydrogens is 356 g/mol. The first-order chi connectivity index (χ1) is 13.5. The number of amides is 1. The number of carbonyl (C=O) groups excluding carboxylic acids is 2. The van der Waals surface area contributed by atoms with E-state index in [4.69, 9.17) is 4.74 Å². The number of aryl methyl sites for hydroxylation is 1. The molecule has 0 unspecified atom stereocenters. The summed E-state index contributed by atoms with van der Waals surface area (Å²) in [5.41, 5.74) is 2.03. The lowest BCUT2D eigenvalue weighted by molar-refractivity contribution is -0.123. The summed E-state index contributed by atoms with van der Waals surface area (Å²) in [5, 5.41) is 13.2. The molecule has 0 spiro atoms. The second-order valence-corrected chi connectivity index (χ2v) is 6.70. The zero-order chi connectivity index (χ0) is 20.4. The Labute approximate surface area is 166 Å². The Bertz CT molecular complexity index is 791. The standard InChI is InChI=1S/C22H28N2O4/c1-3-7-19-20(11-10-18(16(2)25)22(19)27)28-15-21(26)24-13-5-4-8-17-9-6-12-23-14-17/h6,9-12,14,27H,3-5,7-8,13,15H2,1-2H3,(H,24,26). The van der Waals surface area contributed by atoms with Crippen molar-refractivity contribution >= 4 is 11.7 Å². The number of carbonyl (C=O) groups is 2. The Kier molecular flexibility index (Phi) is 8.46. The molecule has 0 aliphatic heterocycles. The molecular formula is C22H28N2O4. The molecule has 0 aliphatic carbocycles. The summed E-state index contributed by atoms with van der Waals surface area (Å²) < 4.78 is 5.60. The van der Waals surface area contributed by atoms with E-state index in [1.54, 1.807) is 12.3 Å². The van der Waals surface area contributed by atoms with Crippen LogP contribution in [0, 0.1) is 0 Å². The van der Waals surface area contributed by atoms with Crippen LogP contribution in [0.25, 0.3) is 0 Å². The number of unbranched alkanes of at least 4 members (excludes halogenated alkanes) is 1. The van der Waals surface area contributed by atoms with E-state index in [1.807, 2.05) is 25.3 Å². The average Bonchev–Trinajstić information content (AvgIpc) is 2.68. The predicted molar refractivity (Wildman–Crippen MR) is 108 cm³/mol. The molecule has 0 radical (unpaired) electrons. The largest absolute Gasteiger partial charge is 0.507 e. The monoisotopic (exact) mass is 384 g/mol. The molecule has 0 saturated heterocycles. The molecule has 2 aromatic rings. The van der Waals surface area contributed by atoms with E-state index in [0.29, 0.717) is 24.3 Å². The SMILES string of the molecule is CCCc1c(OCC(=O)NCCCCc2cccnc2)ccc(C(C)=O)c1O. The van der Waals surface area contributed by atoms with Crippen LogP contribution < -0.4 is 10.1 Å². The molecule has 1 aromatic carbocycles. The van der Waals surface area contributed by atoms with Crippen molar-refractivity contribution in [3.63, 3.8) is 0 Å². The second-order valence-electron chi connectivity index (χ2n) is 6.70. The van der Waals surface area contributed by atoms with Crippen LogP contribution in [-0.4, -0.2) is 34.9 Å². The number of phenols is 1. The van der Waals surface area contributed by atoms with Crippen molar-refractivity contribution in [1.82, 2.24) is 10.3 Å². The number of Topliss-reactive ketones (excluding diaryl/α,β-unsaturated/α-hetero) is 1. The van der Waals surface area contributed by atoms with Gasteiger partial charge in [0, 0.05) is 24.5 Å². The first-order valence-corrected chi connectivity index (χ1v) is 9.67. The molecule has 6 nitrogen and oxygen atoms in total. The zero-order valence-electron chi connectivity index (χ0n) is 16.5. The van der Waals surface area contributed by atoms with Gasteiger partial charge >= 0.3 is 0 Å². The molecule has 1 aromatic heterocycles. The Morgan fingerprint density at radius 2 is 2.00 bits per heavy atom. The molecule has 28 heavy (non-hydrogen) atoms. The maximum Gasteiger partial charge on any atom is 0.257 e. The first-order valence-electron chi connectivity index (χ1n) is 9.67. The number of rotatable bonds is 11. The molecule has 150 valence electrons. The Morgan fingerprint density at radius 1 is 1.18 bits per heavy atom. The molecule has 0 bridgehead atoms. The summed E-state index contributed by atoms with van der Waals surface area (Å²) >= 11 is 0. The van der Waals surface area contributed by atoms with Crippen LogP contribution in [0.5, 0.6) is 11.5 Å². The van der Waals surface area contributed by atoms with Crippen molar-refractivity contribution in [1.29, 1.82) is 0 Å². The third-order valence-corrected chi connectivity index (χ3v) is 4.42. The van der Waals surface area contributed by atoms with Crippen molar-refractivity contribution in [3.8, 4) is 11.5 Å². The topological polar surface area (TPSA) is 88.5 Å². The van der Waals surface area contributed by atoms with Crippen molar-refractivity contribution in [3.05, 3.63) is 53.3 Å². The normalized spacial score (nSPS) is 10.5. The number of ether oxygens (including phenoxy) is 1.